The highest BCUT2D eigenvalue weighted by molar-refractivity contribution is 7.92. The summed E-state index contributed by atoms with van der Waals surface area (Å²) in [4.78, 5) is 14.5. The van der Waals surface area contributed by atoms with Crippen LogP contribution in [0.4, 0.5) is 4.39 Å². The Hall–Kier alpha value is -2.89. The molecule has 3 rings (SSSR count). The van der Waals surface area contributed by atoms with Crippen LogP contribution in [-0.4, -0.2) is 43.6 Å². The van der Waals surface area contributed by atoms with E-state index in [9.17, 15) is 17.6 Å². The zero-order valence-electron chi connectivity index (χ0n) is 15.9. The average Bonchev–Trinajstić information content (AvgIpc) is 3.18. The number of amides is 1. The fraction of sp³-hybridized carbons (Fsp3) is 0.238. The summed E-state index contributed by atoms with van der Waals surface area (Å²) in [6.07, 6.45) is 0.0950. The van der Waals surface area contributed by atoms with E-state index in [1.807, 2.05) is 6.07 Å². The van der Waals surface area contributed by atoms with E-state index in [0.29, 0.717) is 5.70 Å². The van der Waals surface area contributed by atoms with Crippen molar-refractivity contribution in [1.82, 2.24) is 10.2 Å². The molecule has 1 amide bonds. The van der Waals surface area contributed by atoms with E-state index in [1.54, 1.807) is 12.1 Å². The van der Waals surface area contributed by atoms with Gasteiger partial charge in [0.15, 0.2) is 9.84 Å². The van der Waals surface area contributed by atoms with Crippen molar-refractivity contribution in [3.8, 4) is 6.07 Å². The summed E-state index contributed by atoms with van der Waals surface area (Å²) in [6, 6.07) is 12.4. The van der Waals surface area contributed by atoms with Gasteiger partial charge in [-0.2, -0.15) is 5.26 Å². The molecule has 2 aromatic carbocycles. The summed E-state index contributed by atoms with van der Waals surface area (Å²) in [5, 5.41) is 10.8. The Bertz CT molecular complexity index is 1110. The molecular formula is C21H19ClFN3O3S. The van der Waals surface area contributed by atoms with Gasteiger partial charge in [-0.25, -0.2) is 12.8 Å². The Kier molecular flexibility index (Phi) is 6.44. The lowest BCUT2D eigenvalue weighted by Crippen LogP contribution is -2.40. The average molecular weight is 448 g/mol. The van der Waals surface area contributed by atoms with Gasteiger partial charge in [0.2, 0.25) is 0 Å². The Balaban J connectivity index is 1.95. The van der Waals surface area contributed by atoms with Gasteiger partial charge in [-0.15, -0.1) is 0 Å². The number of carbonyl (C=O) groups is 1. The molecule has 1 saturated heterocycles. The maximum Gasteiger partial charge on any atom is 0.254 e. The number of halogens is 2. The summed E-state index contributed by atoms with van der Waals surface area (Å²) < 4.78 is 39.7. The van der Waals surface area contributed by atoms with Gasteiger partial charge >= 0.3 is 0 Å². The molecule has 1 fully saturated rings. The van der Waals surface area contributed by atoms with E-state index in [4.69, 9.17) is 16.9 Å². The second kappa shape index (κ2) is 8.86. The highest BCUT2D eigenvalue weighted by atomic mass is 35.5. The Labute approximate surface area is 179 Å². The molecular weight excluding hydrogens is 429 g/mol. The number of rotatable bonds is 6. The number of likely N-dealkylation sites (tertiary alicyclic amines) is 1. The molecule has 0 spiro atoms. The van der Waals surface area contributed by atoms with Crippen molar-refractivity contribution in [1.29, 1.82) is 5.26 Å². The minimum atomic E-state index is -3.83. The molecule has 0 aliphatic carbocycles. The third-order valence-corrected chi connectivity index (χ3v) is 7.62. The Morgan fingerprint density at radius 1 is 1.27 bits per heavy atom. The van der Waals surface area contributed by atoms with Crippen molar-refractivity contribution < 1.29 is 17.6 Å². The van der Waals surface area contributed by atoms with Gasteiger partial charge in [0.1, 0.15) is 12.4 Å². The van der Waals surface area contributed by atoms with E-state index in [1.165, 1.54) is 41.3 Å². The molecule has 0 saturated carbocycles. The number of carbonyl (C=O) groups excluding carboxylic acids is 1. The largest absolute Gasteiger partial charge is 0.374 e. The standard InChI is InChI=1S/C21H19ClFN3O3S/c1-14(25-11-10-24)19-12-17(30(28,29)20-5-3-2-4-18(20)22)13-26(19)21(27)15-6-8-16(23)9-7-15/h2-9,17,19,25H,1,11-13H2/t17-,19+/m1/s1. The zero-order valence-corrected chi connectivity index (χ0v) is 17.5. The molecule has 6 nitrogen and oxygen atoms in total. The third-order valence-electron chi connectivity index (χ3n) is 4.99. The second-order valence-corrected chi connectivity index (χ2v) is 9.45. The van der Waals surface area contributed by atoms with Crippen LogP contribution < -0.4 is 5.32 Å². The van der Waals surface area contributed by atoms with E-state index in [0.717, 1.165) is 0 Å². The molecule has 156 valence electrons. The van der Waals surface area contributed by atoms with Crippen LogP contribution in [0.1, 0.15) is 16.8 Å². The SMILES string of the molecule is C=C(NCC#N)[C@@H]1C[C@@H](S(=O)(=O)c2ccccc2Cl)CN1C(=O)c1ccc(F)cc1. The molecule has 2 atom stereocenters. The van der Waals surface area contributed by atoms with E-state index >= 15 is 0 Å². The van der Waals surface area contributed by atoms with E-state index < -0.39 is 32.9 Å². The Morgan fingerprint density at radius 3 is 2.57 bits per heavy atom. The molecule has 1 N–H and O–H groups in total. The van der Waals surface area contributed by atoms with E-state index in [-0.39, 0.29) is 35.0 Å². The number of sulfone groups is 1. The van der Waals surface area contributed by atoms with Crippen molar-refractivity contribution in [3.05, 3.63) is 77.2 Å². The molecule has 1 heterocycles. The quantitative estimate of drug-likeness (QED) is 0.687. The zero-order chi connectivity index (χ0) is 21.9. The topological polar surface area (TPSA) is 90.3 Å². The smallest absolute Gasteiger partial charge is 0.254 e. The minimum absolute atomic E-state index is 0.00194. The van der Waals surface area contributed by atoms with Gasteiger partial charge < -0.3 is 10.2 Å². The number of benzene rings is 2. The third kappa shape index (κ3) is 4.32. The van der Waals surface area contributed by atoms with Crippen molar-refractivity contribution >= 4 is 27.3 Å². The van der Waals surface area contributed by atoms with Gasteiger partial charge in [-0.3, -0.25) is 4.79 Å². The lowest BCUT2D eigenvalue weighted by Gasteiger charge is -2.26. The molecule has 2 aromatic rings. The summed E-state index contributed by atoms with van der Waals surface area (Å²) in [6.45, 7) is 3.77. The van der Waals surface area contributed by atoms with Crippen molar-refractivity contribution in [3.63, 3.8) is 0 Å². The van der Waals surface area contributed by atoms with Crippen LogP contribution in [0.15, 0.2) is 65.7 Å². The van der Waals surface area contributed by atoms with Crippen molar-refractivity contribution in [2.24, 2.45) is 0 Å². The number of nitrogens with one attached hydrogen (secondary N) is 1. The minimum Gasteiger partial charge on any atom is -0.374 e. The molecule has 0 unspecified atom stereocenters. The van der Waals surface area contributed by atoms with Crippen LogP contribution in [0.2, 0.25) is 5.02 Å². The number of hydrogen-bond acceptors (Lipinski definition) is 5. The number of nitriles is 1. The van der Waals surface area contributed by atoms with Gasteiger partial charge in [0.25, 0.3) is 5.91 Å². The van der Waals surface area contributed by atoms with Crippen molar-refractivity contribution in [2.75, 3.05) is 13.1 Å². The first-order chi connectivity index (χ1) is 14.3. The normalized spacial score (nSPS) is 18.6. The second-order valence-electron chi connectivity index (χ2n) is 6.85. The van der Waals surface area contributed by atoms with Crippen LogP contribution in [0.5, 0.6) is 0 Å². The molecule has 0 bridgehead atoms. The molecule has 1 aliphatic rings. The predicted molar refractivity (Wildman–Crippen MR) is 111 cm³/mol. The molecule has 30 heavy (non-hydrogen) atoms. The molecule has 0 radical (unpaired) electrons. The van der Waals surface area contributed by atoms with Gasteiger partial charge in [0.05, 0.1) is 27.3 Å². The summed E-state index contributed by atoms with van der Waals surface area (Å²) in [5.41, 5.74) is 0.592. The van der Waals surface area contributed by atoms with Gasteiger partial charge in [0, 0.05) is 17.8 Å². The lowest BCUT2D eigenvalue weighted by atomic mass is 10.1. The van der Waals surface area contributed by atoms with Crippen LogP contribution in [0, 0.1) is 17.1 Å². The summed E-state index contributed by atoms with van der Waals surface area (Å²) in [5.74, 6) is -0.930. The van der Waals surface area contributed by atoms with E-state index in [2.05, 4.69) is 11.9 Å². The van der Waals surface area contributed by atoms with Crippen LogP contribution in [-0.2, 0) is 9.84 Å². The molecule has 1 aliphatic heterocycles. The predicted octanol–water partition coefficient (Wildman–Crippen LogP) is 3.16. The maximum atomic E-state index is 13.2. The summed E-state index contributed by atoms with van der Waals surface area (Å²) >= 11 is 6.10. The Morgan fingerprint density at radius 2 is 1.93 bits per heavy atom. The highest BCUT2D eigenvalue weighted by Crippen LogP contribution is 2.34. The first kappa shape index (κ1) is 21.8. The van der Waals surface area contributed by atoms with Crippen LogP contribution in [0.3, 0.4) is 0 Å². The summed E-state index contributed by atoms with van der Waals surface area (Å²) in [7, 11) is -3.83. The molecule has 9 heteroatoms. The first-order valence-electron chi connectivity index (χ1n) is 9.10. The number of hydrogen-bond donors (Lipinski definition) is 1. The highest BCUT2D eigenvalue weighted by Gasteiger charge is 2.44. The van der Waals surface area contributed by atoms with Crippen LogP contribution >= 0.6 is 11.6 Å². The number of nitrogens with zero attached hydrogens (tertiary/aromatic N) is 2. The molecule has 0 aromatic heterocycles. The van der Waals surface area contributed by atoms with Crippen LogP contribution in [0.25, 0.3) is 0 Å². The maximum absolute atomic E-state index is 13.2. The lowest BCUT2D eigenvalue weighted by molar-refractivity contribution is 0.0753. The van der Waals surface area contributed by atoms with Crippen molar-refractivity contribution in [2.45, 2.75) is 22.6 Å². The first-order valence-corrected chi connectivity index (χ1v) is 11.0. The fourth-order valence-corrected chi connectivity index (χ4v) is 5.68. The van der Waals surface area contributed by atoms with Gasteiger partial charge in [-0.05, 0) is 42.8 Å². The monoisotopic (exact) mass is 447 g/mol. The fourth-order valence-electron chi connectivity index (χ4n) is 3.46. The van der Waals surface area contributed by atoms with Gasteiger partial charge in [-0.1, -0.05) is 30.3 Å².